The van der Waals surface area contributed by atoms with E-state index in [1.807, 2.05) is 6.92 Å². The zero-order valence-corrected chi connectivity index (χ0v) is 5.93. The minimum Gasteiger partial charge on any atom is -0.330 e. The van der Waals surface area contributed by atoms with Gasteiger partial charge in [0.05, 0.1) is 0 Å². The van der Waals surface area contributed by atoms with Crippen molar-refractivity contribution >= 4 is 0 Å². The number of hydrogen-bond donors (Lipinski definition) is 3. The van der Waals surface area contributed by atoms with Crippen molar-refractivity contribution in [1.29, 1.82) is 0 Å². The Morgan fingerprint density at radius 2 is 2.22 bits per heavy atom. The third kappa shape index (κ3) is 5.76. The summed E-state index contributed by atoms with van der Waals surface area (Å²) in [6.45, 7) is 2.69. The van der Waals surface area contributed by atoms with Crippen LogP contribution < -0.4 is 11.2 Å². The zero-order chi connectivity index (χ0) is 7.11. The highest BCUT2D eigenvalue weighted by Gasteiger charge is 1.96. The number of rotatable bonds is 5. The molecule has 0 aromatic heterocycles. The van der Waals surface area contributed by atoms with E-state index in [2.05, 4.69) is 5.48 Å². The van der Waals surface area contributed by atoms with Crippen LogP contribution in [0.2, 0.25) is 0 Å². The van der Waals surface area contributed by atoms with Gasteiger partial charge in [-0.2, -0.15) is 0 Å². The van der Waals surface area contributed by atoms with Crippen LogP contribution >= 0.6 is 0 Å². The first-order valence-electron chi connectivity index (χ1n) is 3.41. The van der Waals surface area contributed by atoms with E-state index in [0.29, 0.717) is 0 Å². The topological polar surface area (TPSA) is 58.3 Å². The Morgan fingerprint density at radius 3 is 2.67 bits per heavy atom. The fourth-order valence-electron chi connectivity index (χ4n) is 0.659. The van der Waals surface area contributed by atoms with Gasteiger partial charge in [-0.25, -0.2) is 5.48 Å². The van der Waals surface area contributed by atoms with Crippen molar-refractivity contribution in [3.8, 4) is 0 Å². The SMILES string of the molecule is C[C@H](CCCCN)NO. The molecule has 0 aromatic rings. The van der Waals surface area contributed by atoms with Crippen LogP contribution in [0.4, 0.5) is 0 Å². The lowest BCUT2D eigenvalue weighted by molar-refractivity contribution is 0.128. The number of hydrogen-bond acceptors (Lipinski definition) is 3. The molecule has 0 aromatic carbocycles. The Hall–Kier alpha value is -0.120. The Morgan fingerprint density at radius 1 is 1.56 bits per heavy atom. The molecule has 0 spiro atoms. The first-order chi connectivity index (χ1) is 4.31. The van der Waals surface area contributed by atoms with Gasteiger partial charge in [0, 0.05) is 6.04 Å². The number of nitrogens with two attached hydrogens (primary N) is 1. The molecule has 0 unspecified atom stereocenters. The van der Waals surface area contributed by atoms with Crippen LogP contribution in [-0.2, 0) is 0 Å². The van der Waals surface area contributed by atoms with Crippen molar-refractivity contribution in [3.63, 3.8) is 0 Å². The van der Waals surface area contributed by atoms with Crippen molar-refractivity contribution in [3.05, 3.63) is 0 Å². The van der Waals surface area contributed by atoms with Gasteiger partial charge in [0.2, 0.25) is 0 Å². The average molecular weight is 132 g/mol. The zero-order valence-electron chi connectivity index (χ0n) is 5.93. The molecule has 0 rings (SSSR count). The molecule has 0 amide bonds. The van der Waals surface area contributed by atoms with Gasteiger partial charge in [-0.05, 0) is 26.3 Å². The largest absolute Gasteiger partial charge is 0.330 e. The lowest BCUT2D eigenvalue weighted by atomic mass is 10.1. The Kier molecular flexibility index (Phi) is 5.93. The van der Waals surface area contributed by atoms with Crippen LogP contribution in [0.5, 0.6) is 0 Å². The maximum atomic E-state index is 8.35. The summed E-state index contributed by atoms with van der Waals surface area (Å²) in [6, 6.07) is 0.205. The second-order valence-corrected chi connectivity index (χ2v) is 2.31. The van der Waals surface area contributed by atoms with Crippen LogP contribution in [0.25, 0.3) is 0 Å². The summed E-state index contributed by atoms with van der Waals surface area (Å²) in [7, 11) is 0. The van der Waals surface area contributed by atoms with Crippen LogP contribution in [-0.4, -0.2) is 17.8 Å². The predicted molar refractivity (Wildman–Crippen MR) is 37.3 cm³/mol. The van der Waals surface area contributed by atoms with E-state index in [0.717, 1.165) is 25.8 Å². The van der Waals surface area contributed by atoms with E-state index in [9.17, 15) is 0 Å². The van der Waals surface area contributed by atoms with E-state index in [4.69, 9.17) is 10.9 Å². The maximum Gasteiger partial charge on any atom is 0.0291 e. The monoisotopic (exact) mass is 132 g/mol. The molecule has 56 valence electrons. The molecule has 0 aliphatic heterocycles. The van der Waals surface area contributed by atoms with Gasteiger partial charge in [0.1, 0.15) is 0 Å². The molecule has 3 heteroatoms. The molecule has 1 atom stereocenters. The number of nitrogens with one attached hydrogen (secondary N) is 1. The molecule has 0 bridgehead atoms. The molecule has 0 aliphatic carbocycles. The van der Waals surface area contributed by atoms with Gasteiger partial charge >= 0.3 is 0 Å². The second-order valence-electron chi connectivity index (χ2n) is 2.31. The fraction of sp³-hybridized carbons (Fsp3) is 1.00. The molecule has 3 nitrogen and oxygen atoms in total. The predicted octanol–water partition coefficient (Wildman–Crippen LogP) is 0.483. The van der Waals surface area contributed by atoms with Gasteiger partial charge in [-0.1, -0.05) is 6.42 Å². The first-order valence-corrected chi connectivity index (χ1v) is 3.41. The summed E-state index contributed by atoms with van der Waals surface area (Å²) in [5.41, 5.74) is 7.46. The normalized spacial score (nSPS) is 13.7. The van der Waals surface area contributed by atoms with Gasteiger partial charge in [0.25, 0.3) is 0 Å². The smallest absolute Gasteiger partial charge is 0.0291 e. The summed E-state index contributed by atoms with van der Waals surface area (Å²) in [5.74, 6) is 0. The molecule has 0 radical (unpaired) electrons. The third-order valence-corrected chi connectivity index (χ3v) is 1.31. The number of unbranched alkanes of at least 4 members (excludes halogenated alkanes) is 1. The molecule has 0 heterocycles. The highest BCUT2D eigenvalue weighted by molar-refractivity contribution is 4.53. The molecule has 0 fully saturated rings. The summed E-state index contributed by atoms with van der Waals surface area (Å²) in [5, 5.41) is 8.35. The number of hydroxylamine groups is 1. The highest BCUT2D eigenvalue weighted by atomic mass is 16.5. The third-order valence-electron chi connectivity index (χ3n) is 1.31. The molecule has 0 saturated carbocycles. The first kappa shape index (κ1) is 8.88. The van der Waals surface area contributed by atoms with Crippen LogP contribution in [0.1, 0.15) is 26.2 Å². The quantitative estimate of drug-likeness (QED) is 0.377. The van der Waals surface area contributed by atoms with Crippen molar-refractivity contribution in [2.75, 3.05) is 6.54 Å². The second kappa shape index (κ2) is 6.01. The van der Waals surface area contributed by atoms with Gasteiger partial charge in [0.15, 0.2) is 0 Å². The van der Waals surface area contributed by atoms with E-state index in [1.54, 1.807) is 0 Å². The molecule has 0 saturated heterocycles. The minimum absolute atomic E-state index is 0.205. The van der Waals surface area contributed by atoms with E-state index < -0.39 is 0 Å². The molecular formula is C6H16N2O. The van der Waals surface area contributed by atoms with Crippen molar-refractivity contribution in [2.45, 2.75) is 32.2 Å². The Balaban J connectivity index is 2.88. The molecule has 0 aliphatic rings. The maximum absolute atomic E-state index is 8.35. The van der Waals surface area contributed by atoms with Gasteiger partial charge < -0.3 is 10.9 Å². The fourth-order valence-corrected chi connectivity index (χ4v) is 0.659. The van der Waals surface area contributed by atoms with Crippen molar-refractivity contribution in [1.82, 2.24) is 5.48 Å². The highest BCUT2D eigenvalue weighted by Crippen LogP contribution is 1.97. The molecule has 9 heavy (non-hydrogen) atoms. The summed E-state index contributed by atoms with van der Waals surface area (Å²) in [6.07, 6.45) is 3.13. The summed E-state index contributed by atoms with van der Waals surface area (Å²) < 4.78 is 0. The lowest BCUT2D eigenvalue weighted by Gasteiger charge is -2.06. The average Bonchev–Trinajstić information content (AvgIpc) is 1.89. The van der Waals surface area contributed by atoms with Gasteiger partial charge in [-0.3, -0.25) is 0 Å². The van der Waals surface area contributed by atoms with Crippen LogP contribution in [0.15, 0.2) is 0 Å². The van der Waals surface area contributed by atoms with E-state index in [1.165, 1.54) is 0 Å². The molecular weight excluding hydrogens is 116 g/mol. The standard InChI is InChI=1S/C6H16N2O/c1-6(8-9)4-2-3-5-7/h6,8-9H,2-5,7H2,1H3/t6-/m1/s1. The molecule has 4 N–H and O–H groups in total. The summed E-state index contributed by atoms with van der Waals surface area (Å²) in [4.78, 5) is 0. The van der Waals surface area contributed by atoms with Crippen molar-refractivity contribution in [2.24, 2.45) is 5.73 Å². The Labute approximate surface area is 56.2 Å². The van der Waals surface area contributed by atoms with E-state index >= 15 is 0 Å². The van der Waals surface area contributed by atoms with E-state index in [-0.39, 0.29) is 6.04 Å². The minimum atomic E-state index is 0.205. The summed E-state index contributed by atoms with van der Waals surface area (Å²) >= 11 is 0. The van der Waals surface area contributed by atoms with Crippen molar-refractivity contribution < 1.29 is 5.21 Å². The van der Waals surface area contributed by atoms with Crippen LogP contribution in [0, 0.1) is 0 Å². The lowest BCUT2D eigenvalue weighted by Crippen LogP contribution is -2.21. The Bertz CT molecular complexity index is 59.0. The van der Waals surface area contributed by atoms with Gasteiger partial charge in [-0.15, -0.1) is 0 Å². The van der Waals surface area contributed by atoms with Crippen LogP contribution in [0.3, 0.4) is 0 Å².